The van der Waals surface area contributed by atoms with E-state index in [0.29, 0.717) is 6.04 Å². The highest BCUT2D eigenvalue weighted by Crippen LogP contribution is 2.22. The Labute approximate surface area is 139 Å². The number of unbranched alkanes of at least 4 members (excludes halogenated alkanes) is 5. The maximum atomic E-state index is 12.0. The fourth-order valence-corrected chi connectivity index (χ4v) is 3.28. The Kier molecular flexibility index (Phi) is 13.7. The van der Waals surface area contributed by atoms with Crippen LogP contribution >= 0.6 is 0 Å². The van der Waals surface area contributed by atoms with Gasteiger partial charge in [-0.2, -0.15) is 0 Å². The number of carbonyl (C=O) groups excluding carboxylic acids is 1. The molecule has 0 aromatic carbocycles. The van der Waals surface area contributed by atoms with Crippen LogP contribution in [0.5, 0.6) is 0 Å². The standard InChI is InChI=1S/C19H40N2O/c1-5-9-12-13-14-17(19(20)22)18(8-4)21(15-10-6-2)16-11-7-3/h17-18H,5-16H2,1-4H3,(H2,20,22). The number of nitrogens with two attached hydrogens (primary N) is 1. The second-order valence-electron chi connectivity index (χ2n) is 6.58. The Hall–Kier alpha value is -0.570. The van der Waals surface area contributed by atoms with Crippen molar-refractivity contribution in [1.82, 2.24) is 4.90 Å². The number of hydrogen-bond donors (Lipinski definition) is 1. The zero-order valence-electron chi connectivity index (χ0n) is 15.6. The maximum absolute atomic E-state index is 12.0. The minimum atomic E-state index is -0.0960. The Morgan fingerprint density at radius 2 is 1.41 bits per heavy atom. The first-order valence-corrected chi connectivity index (χ1v) is 9.65. The normalized spacial score (nSPS) is 14.2. The number of amides is 1. The summed E-state index contributed by atoms with van der Waals surface area (Å²) in [6.07, 6.45) is 11.7. The summed E-state index contributed by atoms with van der Waals surface area (Å²) in [5.74, 6) is -0.0723. The molecule has 132 valence electrons. The van der Waals surface area contributed by atoms with Crippen LogP contribution in [0.25, 0.3) is 0 Å². The molecule has 0 aliphatic carbocycles. The van der Waals surface area contributed by atoms with Crippen molar-refractivity contribution in [2.75, 3.05) is 13.1 Å². The lowest BCUT2D eigenvalue weighted by atomic mass is 9.89. The van der Waals surface area contributed by atoms with E-state index in [-0.39, 0.29) is 11.8 Å². The lowest BCUT2D eigenvalue weighted by molar-refractivity contribution is -0.124. The summed E-state index contributed by atoms with van der Waals surface area (Å²) in [7, 11) is 0. The molecule has 0 saturated heterocycles. The van der Waals surface area contributed by atoms with Crippen molar-refractivity contribution >= 4 is 5.91 Å². The number of hydrogen-bond acceptors (Lipinski definition) is 2. The van der Waals surface area contributed by atoms with Gasteiger partial charge < -0.3 is 5.73 Å². The van der Waals surface area contributed by atoms with Gasteiger partial charge in [0.05, 0.1) is 5.92 Å². The molecule has 2 atom stereocenters. The van der Waals surface area contributed by atoms with Gasteiger partial charge in [0, 0.05) is 6.04 Å². The van der Waals surface area contributed by atoms with E-state index in [4.69, 9.17) is 5.73 Å². The predicted molar refractivity (Wildman–Crippen MR) is 96.9 cm³/mol. The van der Waals surface area contributed by atoms with E-state index in [1.807, 2.05) is 0 Å². The van der Waals surface area contributed by atoms with Crippen molar-refractivity contribution in [3.63, 3.8) is 0 Å². The molecule has 3 heteroatoms. The minimum absolute atomic E-state index is 0.0237. The first-order valence-electron chi connectivity index (χ1n) is 9.65. The molecule has 3 nitrogen and oxygen atoms in total. The van der Waals surface area contributed by atoms with Crippen molar-refractivity contribution in [3.05, 3.63) is 0 Å². The van der Waals surface area contributed by atoms with Crippen LogP contribution in [0.3, 0.4) is 0 Å². The number of nitrogens with zero attached hydrogens (tertiary/aromatic N) is 1. The molecule has 0 aliphatic rings. The average Bonchev–Trinajstić information content (AvgIpc) is 2.51. The number of primary amides is 1. The van der Waals surface area contributed by atoms with Gasteiger partial charge in [-0.1, -0.05) is 66.2 Å². The zero-order chi connectivity index (χ0) is 16.8. The molecule has 0 aliphatic heterocycles. The second kappa shape index (κ2) is 14.0. The van der Waals surface area contributed by atoms with Gasteiger partial charge in [0.15, 0.2) is 0 Å². The highest BCUT2D eigenvalue weighted by atomic mass is 16.1. The number of rotatable bonds is 15. The topological polar surface area (TPSA) is 46.3 Å². The lowest BCUT2D eigenvalue weighted by Crippen LogP contribution is -2.46. The molecule has 0 aromatic rings. The van der Waals surface area contributed by atoms with E-state index in [2.05, 4.69) is 32.6 Å². The van der Waals surface area contributed by atoms with E-state index in [1.165, 1.54) is 44.9 Å². The minimum Gasteiger partial charge on any atom is -0.369 e. The molecule has 0 radical (unpaired) electrons. The molecule has 0 spiro atoms. The van der Waals surface area contributed by atoms with E-state index < -0.39 is 0 Å². The molecule has 0 aromatic heterocycles. The van der Waals surface area contributed by atoms with Crippen molar-refractivity contribution in [2.24, 2.45) is 11.7 Å². The van der Waals surface area contributed by atoms with Crippen LogP contribution in [-0.2, 0) is 4.79 Å². The molecule has 0 rings (SSSR count). The fraction of sp³-hybridized carbons (Fsp3) is 0.947. The highest BCUT2D eigenvalue weighted by Gasteiger charge is 2.29. The largest absolute Gasteiger partial charge is 0.369 e. The molecule has 22 heavy (non-hydrogen) atoms. The zero-order valence-corrected chi connectivity index (χ0v) is 15.6. The van der Waals surface area contributed by atoms with Gasteiger partial charge in [0.25, 0.3) is 0 Å². The van der Waals surface area contributed by atoms with Crippen LogP contribution in [0.4, 0.5) is 0 Å². The van der Waals surface area contributed by atoms with Gasteiger partial charge >= 0.3 is 0 Å². The molecule has 0 heterocycles. The van der Waals surface area contributed by atoms with E-state index in [0.717, 1.165) is 32.4 Å². The van der Waals surface area contributed by atoms with Crippen LogP contribution in [0.2, 0.25) is 0 Å². The summed E-state index contributed by atoms with van der Waals surface area (Å²) in [5.41, 5.74) is 5.76. The SMILES string of the molecule is CCCCCCC(C(N)=O)C(CC)N(CCCC)CCCC. The third-order valence-electron chi connectivity index (χ3n) is 4.68. The van der Waals surface area contributed by atoms with E-state index in [1.54, 1.807) is 0 Å². The Morgan fingerprint density at radius 1 is 0.864 bits per heavy atom. The van der Waals surface area contributed by atoms with Gasteiger partial charge in [0.2, 0.25) is 5.91 Å². The summed E-state index contributed by atoms with van der Waals surface area (Å²) >= 11 is 0. The molecule has 2 N–H and O–H groups in total. The molecule has 0 bridgehead atoms. The van der Waals surface area contributed by atoms with E-state index in [9.17, 15) is 4.79 Å². The first kappa shape index (κ1) is 21.4. The smallest absolute Gasteiger partial charge is 0.222 e. The quantitative estimate of drug-likeness (QED) is 0.444. The van der Waals surface area contributed by atoms with Gasteiger partial charge in [-0.05, 0) is 38.8 Å². The average molecular weight is 313 g/mol. The number of carbonyl (C=O) groups is 1. The third-order valence-corrected chi connectivity index (χ3v) is 4.68. The summed E-state index contributed by atoms with van der Waals surface area (Å²) in [6.45, 7) is 11.1. The van der Waals surface area contributed by atoms with Gasteiger partial charge in [-0.3, -0.25) is 9.69 Å². The van der Waals surface area contributed by atoms with Crippen molar-refractivity contribution in [1.29, 1.82) is 0 Å². The van der Waals surface area contributed by atoms with Crippen LogP contribution in [0, 0.1) is 5.92 Å². The summed E-state index contributed by atoms with van der Waals surface area (Å²) in [6, 6.07) is 0.331. The van der Waals surface area contributed by atoms with Crippen molar-refractivity contribution in [2.45, 2.75) is 97.9 Å². The molecule has 0 saturated carbocycles. The Morgan fingerprint density at radius 3 is 1.82 bits per heavy atom. The van der Waals surface area contributed by atoms with Gasteiger partial charge in [-0.15, -0.1) is 0 Å². The van der Waals surface area contributed by atoms with Crippen molar-refractivity contribution < 1.29 is 4.79 Å². The van der Waals surface area contributed by atoms with Gasteiger partial charge in [0.1, 0.15) is 0 Å². The van der Waals surface area contributed by atoms with Crippen molar-refractivity contribution in [3.8, 4) is 0 Å². The lowest BCUT2D eigenvalue weighted by Gasteiger charge is -2.35. The fourth-order valence-electron chi connectivity index (χ4n) is 3.28. The highest BCUT2D eigenvalue weighted by molar-refractivity contribution is 5.77. The van der Waals surface area contributed by atoms with Gasteiger partial charge in [-0.25, -0.2) is 0 Å². The summed E-state index contributed by atoms with van der Waals surface area (Å²) in [5, 5.41) is 0. The molecule has 0 fully saturated rings. The maximum Gasteiger partial charge on any atom is 0.222 e. The second-order valence-corrected chi connectivity index (χ2v) is 6.58. The van der Waals surface area contributed by atoms with E-state index >= 15 is 0 Å². The summed E-state index contributed by atoms with van der Waals surface area (Å²) in [4.78, 5) is 14.6. The first-order chi connectivity index (χ1) is 10.6. The molecular weight excluding hydrogens is 272 g/mol. The monoisotopic (exact) mass is 312 g/mol. The van der Waals surface area contributed by atoms with Crippen LogP contribution < -0.4 is 5.73 Å². The summed E-state index contributed by atoms with van der Waals surface area (Å²) < 4.78 is 0. The van der Waals surface area contributed by atoms with Crippen LogP contribution in [0.15, 0.2) is 0 Å². The predicted octanol–water partition coefficient (Wildman–Crippen LogP) is 4.74. The Bertz CT molecular complexity index is 260. The molecule has 1 amide bonds. The Balaban J connectivity index is 4.76. The van der Waals surface area contributed by atoms with Crippen LogP contribution in [-0.4, -0.2) is 29.9 Å². The molecule has 2 unspecified atom stereocenters. The van der Waals surface area contributed by atoms with Crippen LogP contribution in [0.1, 0.15) is 91.9 Å². The third kappa shape index (κ3) is 8.77. The molecular formula is C19H40N2O.